The molecule has 1 rings (SSSR count). The summed E-state index contributed by atoms with van der Waals surface area (Å²) < 4.78 is 0. The largest absolute Gasteiger partial charge is 0.290 e. The Morgan fingerprint density at radius 3 is 2.86 bits per heavy atom. The van der Waals surface area contributed by atoms with Crippen LogP contribution in [0.15, 0.2) is 17.1 Å². The fraction of sp³-hybridized carbons (Fsp3) is 0.500. The van der Waals surface area contributed by atoms with Gasteiger partial charge in [-0.15, -0.1) is 0 Å². The molecule has 0 aliphatic carbocycles. The summed E-state index contributed by atoms with van der Waals surface area (Å²) >= 11 is 0. The second-order valence-corrected chi connectivity index (χ2v) is 1.81. The van der Waals surface area contributed by atoms with Crippen LogP contribution in [0.5, 0.6) is 0 Å². The molecule has 1 heterocycles. The van der Waals surface area contributed by atoms with Gasteiger partial charge >= 0.3 is 0 Å². The molecule has 1 aliphatic rings. The number of aliphatic imine (C=N–C) groups is 1. The van der Waals surface area contributed by atoms with E-state index in [0.717, 1.165) is 6.42 Å². The van der Waals surface area contributed by atoms with Gasteiger partial charge < -0.3 is 0 Å². The van der Waals surface area contributed by atoms with Crippen LogP contribution in [0.4, 0.5) is 0 Å². The van der Waals surface area contributed by atoms with Crippen molar-refractivity contribution in [3.8, 4) is 0 Å². The van der Waals surface area contributed by atoms with Crippen LogP contribution in [0.1, 0.15) is 13.3 Å². The van der Waals surface area contributed by atoms with Gasteiger partial charge in [0.1, 0.15) is 0 Å². The minimum Gasteiger partial charge on any atom is -0.290 e. The van der Waals surface area contributed by atoms with E-state index >= 15 is 0 Å². The van der Waals surface area contributed by atoms with E-state index in [2.05, 4.69) is 18.0 Å². The smallest absolute Gasteiger partial charge is 0.0505 e. The summed E-state index contributed by atoms with van der Waals surface area (Å²) in [4.78, 5) is 4.12. The molecule has 1 nitrogen and oxygen atoms in total. The van der Waals surface area contributed by atoms with Crippen LogP contribution in [0.25, 0.3) is 0 Å². The fourth-order valence-electron chi connectivity index (χ4n) is 0.594. The topological polar surface area (TPSA) is 12.4 Å². The highest BCUT2D eigenvalue weighted by molar-refractivity contribution is 5.72. The molecular weight excluding hydrogens is 86.1 g/mol. The molecule has 1 heteroatoms. The van der Waals surface area contributed by atoms with E-state index in [1.165, 1.54) is 0 Å². The van der Waals surface area contributed by atoms with Gasteiger partial charge in [0.25, 0.3) is 0 Å². The highest BCUT2D eigenvalue weighted by atomic mass is 14.7. The molecule has 0 aromatic carbocycles. The van der Waals surface area contributed by atoms with Crippen molar-refractivity contribution in [2.45, 2.75) is 19.4 Å². The molecule has 0 bridgehead atoms. The SMILES string of the molecule is C[C@@H]1CC=CC=N1. The normalized spacial score (nSPS) is 28.4. The Morgan fingerprint density at radius 1 is 1.71 bits per heavy atom. The molecule has 1 aliphatic heterocycles. The van der Waals surface area contributed by atoms with Crippen LogP contribution < -0.4 is 0 Å². The van der Waals surface area contributed by atoms with Gasteiger partial charge in [0.2, 0.25) is 0 Å². The molecule has 0 amide bonds. The third-order valence-electron chi connectivity index (χ3n) is 1.04. The predicted octanol–water partition coefficient (Wildman–Crippen LogP) is 1.41. The minimum absolute atomic E-state index is 0.519. The Balaban J connectivity index is 2.49. The zero-order chi connectivity index (χ0) is 5.11. The highest BCUT2D eigenvalue weighted by Gasteiger charge is 1.94. The first-order valence-corrected chi connectivity index (χ1v) is 2.58. The van der Waals surface area contributed by atoms with Gasteiger partial charge in [-0.25, -0.2) is 0 Å². The highest BCUT2D eigenvalue weighted by Crippen LogP contribution is 1.99. The van der Waals surface area contributed by atoms with Crippen molar-refractivity contribution in [1.82, 2.24) is 0 Å². The molecule has 0 radical (unpaired) electrons. The average Bonchev–Trinajstić information content (AvgIpc) is 1.69. The van der Waals surface area contributed by atoms with E-state index in [0.29, 0.717) is 6.04 Å². The Bertz CT molecular complexity index is 103. The summed E-state index contributed by atoms with van der Waals surface area (Å²) in [6, 6.07) is 0.519. The van der Waals surface area contributed by atoms with Crippen LogP contribution in [-0.4, -0.2) is 12.3 Å². The fourth-order valence-corrected chi connectivity index (χ4v) is 0.594. The summed E-state index contributed by atoms with van der Waals surface area (Å²) in [5.74, 6) is 0. The van der Waals surface area contributed by atoms with Crippen molar-refractivity contribution in [2.24, 2.45) is 4.99 Å². The van der Waals surface area contributed by atoms with Gasteiger partial charge in [-0.2, -0.15) is 0 Å². The minimum atomic E-state index is 0.519. The molecular formula is C6H9N. The van der Waals surface area contributed by atoms with Gasteiger partial charge in [-0.05, 0) is 19.4 Å². The summed E-state index contributed by atoms with van der Waals surface area (Å²) in [6.07, 6.45) is 7.09. The molecule has 0 spiro atoms. The Morgan fingerprint density at radius 2 is 2.57 bits per heavy atom. The molecule has 0 fully saturated rings. The Hall–Kier alpha value is -0.590. The number of allylic oxidation sites excluding steroid dienone is 1. The number of hydrogen-bond donors (Lipinski definition) is 0. The maximum atomic E-state index is 4.12. The molecule has 7 heavy (non-hydrogen) atoms. The van der Waals surface area contributed by atoms with Crippen molar-refractivity contribution in [1.29, 1.82) is 0 Å². The first-order valence-electron chi connectivity index (χ1n) is 2.58. The summed E-state index contributed by atoms with van der Waals surface area (Å²) in [5.41, 5.74) is 0. The Labute approximate surface area is 43.8 Å². The van der Waals surface area contributed by atoms with Gasteiger partial charge in [-0.1, -0.05) is 6.08 Å². The van der Waals surface area contributed by atoms with Crippen molar-refractivity contribution >= 4 is 6.21 Å². The van der Waals surface area contributed by atoms with Gasteiger partial charge in [-0.3, -0.25) is 4.99 Å². The summed E-state index contributed by atoms with van der Waals surface area (Å²) in [5, 5.41) is 0. The van der Waals surface area contributed by atoms with Crippen molar-refractivity contribution in [3.63, 3.8) is 0 Å². The summed E-state index contributed by atoms with van der Waals surface area (Å²) in [6.45, 7) is 2.11. The summed E-state index contributed by atoms with van der Waals surface area (Å²) in [7, 11) is 0. The number of nitrogens with zero attached hydrogens (tertiary/aromatic N) is 1. The molecule has 0 aromatic heterocycles. The quantitative estimate of drug-likeness (QED) is 0.431. The molecule has 0 saturated heterocycles. The van der Waals surface area contributed by atoms with E-state index in [4.69, 9.17) is 0 Å². The van der Waals surface area contributed by atoms with Gasteiger partial charge in [0.15, 0.2) is 0 Å². The zero-order valence-electron chi connectivity index (χ0n) is 4.46. The van der Waals surface area contributed by atoms with E-state index in [1.54, 1.807) is 0 Å². The molecule has 0 saturated carbocycles. The predicted molar refractivity (Wildman–Crippen MR) is 31.7 cm³/mol. The van der Waals surface area contributed by atoms with Crippen LogP contribution in [-0.2, 0) is 0 Å². The van der Waals surface area contributed by atoms with E-state index in [-0.39, 0.29) is 0 Å². The zero-order valence-corrected chi connectivity index (χ0v) is 4.46. The Kier molecular flexibility index (Phi) is 1.25. The molecule has 0 aromatic rings. The third-order valence-corrected chi connectivity index (χ3v) is 1.04. The first-order chi connectivity index (χ1) is 3.39. The number of hydrogen-bond acceptors (Lipinski definition) is 1. The third kappa shape index (κ3) is 1.15. The molecule has 38 valence electrons. The van der Waals surface area contributed by atoms with Crippen molar-refractivity contribution in [3.05, 3.63) is 12.2 Å². The second-order valence-electron chi connectivity index (χ2n) is 1.81. The first kappa shape index (κ1) is 4.57. The molecule has 1 atom stereocenters. The molecule has 0 N–H and O–H groups in total. The van der Waals surface area contributed by atoms with Gasteiger partial charge in [0, 0.05) is 6.21 Å². The van der Waals surface area contributed by atoms with Crippen LogP contribution in [0.3, 0.4) is 0 Å². The average molecular weight is 95.1 g/mol. The van der Waals surface area contributed by atoms with E-state index in [1.807, 2.05) is 12.3 Å². The van der Waals surface area contributed by atoms with Crippen molar-refractivity contribution in [2.75, 3.05) is 0 Å². The monoisotopic (exact) mass is 95.1 g/mol. The number of rotatable bonds is 0. The number of dihydropyridines is 1. The maximum absolute atomic E-state index is 4.12. The lowest BCUT2D eigenvalue weighted by Gasteiger charge is -2.02. The lowest BCUT2D eigenvalue weighted by molar-refractivity contribution is 0.757. The molecule has 0 unspecified atom stereocenters. The van der Waals surface area contributed by atoms with Crippen molar-refractivity contribution < 1.29 is 0 Å². The van der Waals surface area contributed by atoms with Crippen LogP contribution >= 0.6 is 0 Å². The van der Waals surface area contributed by atoms with E-state index in [9.17, 15) is 0 Å². The van der Waals surface area contributed by atoms with E-state index < -0.39 is 0 Å². The second kappa shape index (κ2) is 1.92. The van der Waals surface area contributed by atoms with Gasteiger partial charge in [0.05, 0.1) is 6.04 Å². The van der Waals surface area contributed by atoms with Crippen LogP contribution in [0.2, 0.25) is 0 Å². The van der Waals surface area contributed by atoms with Crippen LogP contribution in [0, 0.1) is 0 Å². The standard InChI is InChI=1S/C6H9N/c1-6-4-2-3-5-7-6/h2-3,5-6H,4H2,1H3/t6-/m1/s1. The maximum Gasteiger partial charge on any atom is 0.0505 e. The lowest BCUT2D eigenvalue weighted by Crippen LogP contribution is -1.97. The lowest BCUT2D eigenvalue weighted by atomic mass is 10.2.